The average molecular weight is 352 g/mol. The maximum atomic E-state index is 13.0. The lowest BCUT2D eigenvalue weighted by Gasteiger charge is -2.27. The Labute approximate surface area is 152 Å². The van der Waals surface area contributed by atoms with Crippen LogP contribution in [-0.2, 0) is 7.05 Å². The van der Waals surface area contributed by atoms with Crippen LogP contribution in [0.5, 0.6) is 0 Å². The second kappa shape index (κ2) is 6.92. The lowest BCUT2D eigenvalue weighted by atomic mass is 10.1. The number of aromatic amines is 1. The minimum absolute atomic E-state index is 0.107. The van der Waals surface area contributed by atoms with Gasteiger partial charge in [0.05, 0.1) is 11.6 Å². The highest BCUT2D eigenvalue weighted by molar-refractivity contribution is 6.06. The fraction of sp³-hybridized carbons (Fsp3) is 0.421. The van der Waals surface area contributed by atoms with E-state index < -0.39 is 0 Å². The molecule has 3 heterocycles. The highest BCUT2D eigenvalue weighted by Crippen LogP contribution is 2.22. The Balaban J connectivity index is 1.48. The first-order valence-corrected chi connectivity index (χ1v) is 9.08. The van der Waals surface area contributed by atoms with Gasteiger partial charge in [0, 0.05) is 50.3 Å². The Hall–Kier alpha value is -2.67. The van der Waals surface area contributed by atoms with Crippen LogP contribution in [0.1, 0.15) is 35.6 Å². The van der Waals surface area contributed by atoms with Crippen LogP contribution in [0.2, 0.25) is 0 Å². The Morgan fingerprint density at radius 1 is 1.19 bits per heavy atom. The van der Waals surface area contributed by atoms with Gasteiger partial charge in [0.2, 0.25) is 0 Å². The molecule has 1 aromatic carbocycles. The van der Waals surface area contributed by atoms with Crippen LogP contribution in [-0.4, -0.2) is 61.6 Å². The molecule has 0 saturated carbocycles. The number of nitrogens with one attached hydrogen (secondary N) is 1. The molecule has 7 nitrogen and oxygen atoms in total. The Morgan fingerprint density at radius 2 is 2.04 bits per heavy atom. The van der Waals surface area contributed by atoms with E-state index in [9.17, 15) is 4.79 Å². The van der Waals surface area contributed by atoms with E-state index in [-0.39, 0.29) is 11.9 Å². The van der Waals surface area contributed by atoms with E-state index in [1.165, 1.54) is 0 Å². The van der Waals surface area contributed by atoms with Crippen LogP contribution >= 0.6 is 0 Å². The summed E-state index contributed by atoms with van der Waals surface area (Å²) in [5, 5.41) is 9.21. The normalized spacial score (nSPS) is 17.4. The summed E-state index contributed by atoms with van der Waals surface area (Å²) in [7, 11) is 1.97. The summed E-state index contributed by atoms with van der Waals surface area (Å²) in [5.74, 6) is 1.07. The first-order valence-electron chi connectivity index (χ1n) is 9.08. The molecule has 1 atom stereocenters. The molecule has 0 bridgehead atoms. The van der Waals surface area contributed by atoms with Crippen LogP contribution in [0.25, 0.3) is 10.9 Å². The summed E-state index contributed by atoms with van der Waals surface area (Å²) in [6.45, 7) is 5.44. The van der Waals surface area contributed by atoms with Crippen molar-refractivity contribution in [2.24, 2.45) is 7.05 Å². The SMILES string of the molecule is CC(c1nncn1C)N1CCCN(C(=O)c2c[nH]c3ccccc23)CC1. The second-order valence-corrected chi connectivity index (χ2v) is 6.91. The minimum atomic E-state index is 0.107. The number of hydrogen-bond acceptors (Lipinski definition) is 4. The lowest BCUT2D eigenvalue weighted by Crippen LogP contribution is -2.36. The van der Waals surface area contributed by atoms with Crippen LogP contribution in [0.3, 0.4) is 0 Å². The minimum Gasteiger partial charge on any atom is -0.360 e. The molecule has 1 fully saturated rings. The highest BCUT2D eigenvalue weighted by Gasteiger charge is 2.26. The van der Waals surface area contributed by atoms with Crippen molar-refractivity contribution in [3.05, 3.63) is 48.2 Å². The van der Waals surface area contributed by atoms with Crippen molar-refractivity contribution < 1.29 is 4.79 Å². The molecule has 1 aliphatic rings. The number of aryl methyl sites for hydroxylation is 1. The van der Waals surface area contributed by atoms with Gasteiger partial charge in [-0.05, 0) is 19.4 Å². The first kappa shape index (κ1) is 16.8. The topological polar surface area (TPSA) is 70.1 Å². The van der Waals surface area contributed by atoms with E-state index in [2.05, 4.69) is 27.0 Å². The van der Waals surface area contributed by atoms with Crippen molar-refractivity contribution in [2.75, 3.05) is 26.2 Å². The zero-order valence-corrected chi connectivity index (χ0v) is 15.2. The van der Waals surface area contributed by atoms with Crippen molar-refractivity contribution in [3.63, 3.8) is 0 Å². The van der Waals surface area contributed by atoms with E-state index >= 15 is 0 Å². The number of amides is 1. The van der Waals surface area contributed by atoms with Gasteiger partial charge in [-0.3, -0.25) is 9.69 Å². The third kappa shape index (κ3) is 2.99. The van der Waals surface area contributed by atoms with Gasteiger partial charge in [-0.2, -0.15) is 0 Å². The summed E-state index contributed by atoms with van der Waals surface area (Å²) in [5.41, 5.74) is 1.76. The third-order valence-electron chi connectivity index (χ3n) is 5.31. The summed E-state index contributed by atoms with van der Waals surface area (Å²) in [4.78, 5) is 20.6. The fourth-order valence-corrected chi connectivity index (χ4v) is 3.78. The Kier molecular flexibility index (Phi) is 4.46. The summed E-state index contributed by atoms with van der Waals surface area (Å²) >= 11 is 0. The molecule has 0 aliphatic carbocycles. The van der Waals surface area contributed by atoms with Crippen molar-refractivity contribution >= 4 is 16.8 Å². The fourth-order valence-electron chi connectivity index (χ4n) is 3.78. The number of nitrogens with zero attached hydrogens (tertiary/aromatic N) is 5. The zero-order chi connectivity index (χ0) is 18.1. The number of rotatable bonds is 3. The molecular weight excluding hydrogens is 328 g/mol. The summed E-state index contributed by atoms with van der Waals surface area (Å²) in [6.07, 6.45) is 4.52. The standard InChI is InChI=1S/C19H24N6O/c1-14(18-22-21-13-23(18)2)24-8-5-9-25(11-10-24)19(26)16-12-20-17-7-4-3-6-15(16)17/h3-4,6-7,12-14,20H,5,8-11H2,1-2H3. The predicted octanol–water partition coefficient (Wildman–Crippen LogP) is 2.21. The molecular formula is C19H24N6O. The maximum Gasteiger partial charge on any atom is 0.256 e. The Morgan fingerprint density at radius 3 is 2.85 bits per heavy atom. The first-order chi connectivity index (χ1) is 12.6. The van der Waals surface area contributed by atoms with Gasteiger partial charge in [0.15, 0.2) is 0 Å². The van der Waals surface area contributed by atoms with Crippen LogP contribution < -0.4 is 0 Å². The molecule has 0 spiro atoms. The second-order valence-electron chi connectivity index (χ2n) is 6.91. The van der Waals surface area contributed by atoms with E-state index in [0.717, 1.165) is 54.9 Å². The molecule has 1 N–H and O–H groups in total. The molecule has 7 heteroatoms. The molecule has 1 unspecified atom stereocenters. The van der Waals surface area contributed by atoms with Crippen molar-refractivity contribution in [1.29, 1.82) is 0 Å². The molecule has 26 heavy (non-hydrogen) atoms. The smallest absolute Gasteiger partial charge is 0.256 e. The van der Waals surface area contributed by atoms with Gasteiger partial charge in [-0.25, -0.2) is 0 Å². The molecule has 2 aromatic heterocycles. The molecule has 1 amide bonds. The molecule has 136 valence electrons. The van der Waals surface area contributed by atoms with Gasteiger partial charge in [0.25, 0.3) is 5.91 Å². The number of para-hydroxylation sites is 1. The number of carbonyl (C=O) groups is 1. The van der Waals surface area contributed by atoms with E-state index in [0.29, 0.717) is 0 Å². The largest absolute Gasteiger partial charge is 0.360 e. The molecule has 4 rings (SSSR count). The number of benzene rings is 1. The quantitative estimate of drug-likeness (QED) is 0.785. The van der Waals surface area contributed by atoms with Gasteiger partial charge in [0.1, 0.15) is 12.2 Å². The van der Waals surface area contributed by atoms with Crippen molar-refractivity contribution in [3.8, 4) is 0 Å². The van der Waals surface area contributed by atoms with Crippen LogP contribution in [0.4, 0.5) is 0 Å². The summed E-state index contributed by atoms with van der Waals surface area (Å²) in [6, 6.07) is 8.13. The summed E-state index contributed by atoms with van der Waals surface area (Å²) < 4.78 is 1.96. The van der Waals surface area contributed by atoms with E-state index in [1.54, 1.807) is 6.33 Å². The number of fused-ring (bicyclic) bond motifs is 1. The molecule has 3 aromatic rings. The number of carbonyl (C=O) groups excluding carboxylic acids is 1. The van der Waals surface area contributed by atoms with E-state index in [4.69, 9.17) is 0 Å². The predicted molar refractivity (Wildman–Crippen MR) is 99.8 cm³/mol. The Bertz CT molecular complexity index is 914. The third-order valence-corrected chi connectivity index (χ3v) is 5.31. The van der Waals surface area contributed by atoms with Crippen LogP contribution in [0, 0.1) is 0 Å². The van der Waals surface area contributed by atoms with Crippen LogP contribution in [0.15, 0.2) is 36.8 Å². The van der Waals surface area contributed by atoms with Gasteiger partial charge in [-0.1, -0.05) is 18.2 Å². The van der Waals surface area contributed by atoms with Crippen molar-refractivity contribution in [2.45, 2.75) is 19.4 Å². The lowest BCUT2D eigenvalue weighted by molar-refractivity contribution is 0.0760. The average Bonchev–Trinajstić information content (AvgIpc) is 3.19. The van der Waals surface area contributed by atoms with Gasteiger partial charge < -0.3 is 14.5 Å². The molecule has 1 saturated heterocycles. The monoisotopic (exact) mass is 352 g/mol. The number of aromatic nitrogens is 4. The maximum absolute atomic E-state index is 13.0. The van der Waals surface area contributed by atoms with Gasteiger partial charge >= 0.3 is 0 Å². The van der Waals surface area contributed by atoms with E-state index in [1.807, 2.05) is 47.0 Å². The molecule has 0 radical (unpaired) electrons. The molecule has 1 aliphatic heterocycles. The number of H-pyrrole nitrogens is 1. The zero-order valence-electron chi connectivity index (χ0n) is 15.2. The van der Waals surface area contributed by atoms with Gasteiger partial charge in [-0.15, -0.1) is 10.2 Å². The number of hydrogen-bond donors (Lipinski definition) is 1. The highest BCUT2D eigenvalue weighted by atomic mass is 16.2. The van der Waals surface area contributed by atoms with Crippen molar-refractivity contribution in [1.82, 2.24) is 29.5 Å².